The van der Waals surface area contributed by atoms with Gasteiger partial charge >= 0.3 is 0 Å². The number of carbonyl (C=O) groups is 3. The molecule has 2 aromatic carbocycles. The standard InChI is InChI=1S/C40H45ClFN7O5/c1-46-22-30(28-8-13-43-21-29(28)40(46)53)25-18-32(41)31(36(19-25)54-3)23-48-14-11-27(12-15-48)47(2)39(52)24-9-16-49(17-10-24)35-6-4-26(20-33(35)42)44-34-5-7-37(50)45-38(34)51/h4,6,8,13,18-22,24,27,34,44H,5,7,9-12,14-17,23H2,1-3H3,(H,45,50,51). The number of aryl methyl sites for hydroxylation is 1. The Kier molecular flexibility index (Phi) is 10.9. The first-order valence-electron chi connectivity index (χ1n) is 18.4. The van der Waals surface area contributed by atoms with Crippen molar-refractivity contribution in [1.82, 2.24) is 24.7 Å². The van der Waals surface area contributed by atoms with E-state index in [2.05, 4.69) is 20.5 Å². The van der Waals surface area contributed by atoms with Crippen molar-refractivity contribution in [3.8, 4) is 16.9 Å². The topological polar surface area (TPSA) is 129 Å². The minimum Gasteiger partial charge on any atom is -0.496 e. The summed E-state index contributed by atoms with van der Waals surface area (Å²) in [7, 11) is 5.26. The number of halogens is 2. The lowest BCUT2D eigenvalue weighted by Crippen LogP contribution is -2.49. The highest BCUT2D eigenvalue weighted by Gasteiger charge is 2.33. The first-order valence-corrected chi connectivity index (χ1v) is 18.8. The second-order valence-corrected chi connectivity index (χ2v) is 15.0. The zero-order valence-corrected chi connectivity index (χ0v) is 31.5. The van der Waals surface area contributed by atoms with Crippen molar-refractivity contribution in [2.24, 2.45) is 13.0 Å². The molecule has 1 atom stereocenters. The Morgan fingerprint density at radius 3 is 2.50 bits per heavy atom. The van der Waals surface area contributed by atoms with Gasteiger partial charge in [-0.25, -0.2) is 4.39 Å². The van der Waals surface area contributed by atoms with Gasteiger partial charge in [-0.3, -0.25) is 34.4 Å². The summed E-state index contributed by atoms with van der Waals surface area (Å²) in [5, 5.41) is 7.25. The van der Waals surface area contributed by atoms with Crippen LogP contribution in [0.15, 0.2) is 59.8 Å². The van der Waals surface area contributed by atoms with Gasteiger partial charge in [0.15, 0.2) is 0 Å². The van der Waals surface area contributed by atoms with E-state index in [1.807, 2.05) is 41.2 Å². The van der Waals surface area contributed by atoms with Crippen molar-refractivity contribution in [2.75, 3.05) is 50.6 Å². The molecule has 0 bridgehead atoms. The highest BCUT2D eigenvalue weighted by atomic mass is 35.5. The van der Waals surface area contributed by atoms with Gasteiger partial charge < -0.3 is 24.4 Å². The summed E-state index contributed by atoms with van der Waals surface area (Å²) in [6.07, 6.45) is 8.62. The second-order valence-electron chi connectivity index (χ2n) is 14.6. The number of benzene rings is 2. The molecular formula is C40H45ClFN7O5. The number of hydrogen-bond donors (Lipinski definition) is 2. The summed E-state index contributed by atoms with van der Waals surface area (Å²) in [5.74, 6) is -0.408. The maximum absolute atomic E-state index is 15.2. The SMILES string of the molecule is COc1cc(-c2cn(C)c(=O)c3cnccc23)cc(Cl)c1CN1CCC(N(C)C(=O)C2CCN(c3ccc(NC4CCC(=O)NC4=O)cc3F)CC2)CC1. The molecule has 5 heterocycles. The number of imide groups is 1. The summed E-state index contributed by atoms with van der Waals surface area (Å²) < 4.78 is 22.6. The van der Waals surface area contributed by atoms with E-state index in [-0.39, 0.29) is 35.8 Å². The summed E-state index contributed by atoms with van der Waals surface area (Å²) >= 11 is 6.93. The highest BCUT2D eigenvalue weighted by molar-refractivity contribution is 6.32. The Morgan fingerprint density at radius 1 is 1.04 bits per heavy atom. The van der Waals surface area contributed by atoms with Crippen molar-refractivity contribution in [3.63, 3.8) is 0 Å². The maximum Gasteiger partial charge on any atom is 0.259 e. The number of ether oxygens (including phenoxy) is 1. The Labute approximate surface area is 318 Å². The third-order valence-electron chi connectivity index (χ3n) is 11.2. The highest BCUT2D eigenvalue weighted by Crippen LogP contribution is 2.37. The number of fused-ring (bicyclic) bond motifs is 1. The first-order chi connectivity index (χ1) is 26.0. The summed E-state index contributed by atoms with van der Waals surface area (Å²) in [4.78, 5) is 60.3. The Bertz CT molecular complexity index is 2150. The van der Waals surface area contributed by atoms with Gasteiger partial charge in [0.1, 0.15) is 17.6 Å². The molecule has 12 nitrogen and oxygen atoms in total. The van der Waals surface area contributed by atoms with Crippen LogP contribution in [0, 0.1) is 11.7 Å². The van der Waals surface area contributed by atoms with Crippen molar-refractivity contribution in [2.45, 2.75) is 57.2 Å². The lowest BCUT2D eigenvalue weighted by molar-refractivity contribution is -0.138. The van der Waals surface area contributed by atoms with E-state index in [4.69, 9.17) is 16.3 Å². The Balaban J connectivity index is 0.923. The smallest absolute Gasteiger partial charge is 0.259 e. The number of pyridine rings is 2. The van der Waals surface area contributed by atoms with E-state index in [0.717, 1.165) is 48.0 Å². The monoisotopic (exact) mass is 757 g/mol. The summed E-state index contributed by atoms with van der Waals surface area (Å²) in [6, 6.07) is 10.1. The van der Waals surface area contributed by atoms with Crippen molar-refractivity contribution < 1.29 is 23.5 Å². The number of aromatic nitrogens is 2. The average Bonchev–Trinajstić information content (AvgIpc) is 3.18. The predicted molar refractivity (Wildman–Crippen MR) is 206 cm³/mol. The molecule has 54 heavy (non-hydrogen) atoms. The van der Waals surface area contributed by atoms with E-state index in [9.17, 15) is 19.2 Å². The molecular weight excluding hydrogens is 713 g/mol. The number of methoxy groups -OCH3 is 1. The summed E-state index contributed by atoms with van der Waals surface area (Å²) in [6.45, 7) is 3.34. The molecule has 4 aromatic rings. The van der Waals surface area contributed by atoms with Crippen LogP contribution in [0.5, 0.6) is 5.75 Å². The molecule has 2 aromatic heterocycles. The van der Waals surface area contributed by atoms with Crippen LogP contribution in [0.4, 0.5) is 15.8 Å². The molecule has 0 radical (unpaired) electrons. The number of nitrogens with zero attached hydrogens (tertiary/aromatic N) is 5. The van der Waals surface area contributed by atoms with Gasteiger partial charge in [-0.15, -0.1) is 0 Å². The van der Waals surface area contributed by atoms with Crippen LogP contribution in [0.1, 0.15) is 44.1 Å². The molecule has 3 aliphatic heterocycles. The van der Waals surface area contributed by atoms with Gasteiger partial charge in [0.25, 0.3) is 5.56 Å². The minimum absolute atomic E-state index is 0.114. The average molecular weight is 758 g/mol. The Hall–Kier alpha value is -5.01. The minimum atomic E-state index is -0.584. The molecule has 0 saturated carbocycles. The molecule has 1 unspecified atom stereocenters. The van der Waals surface area contributed by atoms with E-state index >= 15 is 4.39 Å². The number of likely N-dealkylation sites (tertiary alicyclic amines) is 1. The number of piperidine rings is 3. The van der Waals surface area contributed by atoms with E-state index < -0.39 is 17.8 Å². The van der Waals surface area contributed by atoms with E-state index in [1.54, 1.807) is 43.3 Å². The molecule has 3 amide bonds. The lowest BCUT2D eigenvalue weighted by atomic mass is 9.93. The van der Waals surface area contributed by atoms with Gasteiger partial charge in [0.05, 0.1) is 18.2 Å². The third-order valence-corrected chi connectivity index (χ3v) is 11.6. The van der Waals surface area contributed by atoms with Crippen LogP contribution in [-0.2, 0) is 28.0 Å². The zero-order valence-electron chi connectivity index (χ0n) is 30.7. The number of anilines is 2. The molecule has 284 valence electrons. The van der Waals surface area contributed by atoms with Crippen molar-refractivity contribution in [3.05, 3.63) is 81.7 Å². The number of rotatable bonds is 9. The fourth-order valence-electron chi connectivity index (χ4n) is 8.05. The molecule has 3 aliphatic rings. The molecule has 0 aliphatic carbocycles. The van der Waals surface area contributed by atoms with Crippen LogP contribution in [-0.4, -0.2) is 89.5 Å². The quantitative estimate of drug-likeness (QED) is 0.228. The number of amides is 3. The van der Waals surface area contributed by atoms with Crippen LogP contribution in [0.3, 0.4) is 0 Å². The normalized spacial score (nSPS) is 18.8. The molecule has 3 fully saturated rings. The fraction of sp³-hybridized carbons (Fsp3) is 0.425. The van der Waals surface area contributed by atoms with Gasteiger partial charge in [-0.05, 0) is 79.5 Å². The molecule has 14 heteroatoms. The lowest BCUT2D eigenvalue weighted by Gasteiger charge is -2.40. The predicted octanol–water partition coefficient (Wildman–Crippen LogP) is 4.96. The number of nitrogens with one attached hydrogen (secondary N) is 2. The fourth-order valence-corrected chi connectivity index (χ4v) is 8.32. The van der Waals surface area contributed by atoms with E-state index in [0.29, 0.717) is 66.4 Å². The van der Waals surface area contributed by atoms with Crippen LogP contribution < -0.4 is 25.8 Å². The van der Waals surface area contributed by atoms with Crippen LogP contribution in [0.25, 0.3) is 21.9 Å². The molecule has 0 spiro atoms. The zero-order chi connectivity index (χ0) is 38.1. The van der Waals surface area contributed by atoms with Crippen molar-refractivity contribution >= 4 is 51.5 Å². The largest absolute Gasteiger partial charge is 0.496 e. The van der Waals surface area contributed by atoms with Crippen LogP contribution >= 0.6 is 11.6 Å². The number of hydrogen-bond acceptors (Lipinski definition) is 9. The van der Waals surface area contributed by atoms with Gasteiger partial charge in [-0.1, -0.05) is 11.6 Å². The summed E-state index contributed by atoms with van der Waals surface area (Å²) in [5.41, 5.74) is 3.44. The van der Waals surface area contributed by atoms with Gasteiger partial charge in [0, 0.05) is 106 Å². The third kappa shape index (κ3) is 7.65. The van der Waals surface area contributed by atoms with Gasteiger partial charge in [0.2, 0.25) is 17.7 Å². The maximum atomic E-state index is 15.2. The van der Waals surface area contributed by atoms with Gasteiger partial charge in [-0.2, -0.15) is 0 Å². The molecule has 3 saturated heterocycles. The molecule has 7 rings (SSSR count). The van der Waals surface area contributed by atoms with Crippen molar-refractivity contribution in [1.29, 1.82) is 0 Å². The molecule has 2 N–H and O–H groups in total. The Morgan fingerprint density at radius 2 is 1.80 bits per heavy atom. The number of carbonyl (C=O) groups excluding carboxylic acids is 3. The van der Waals surface area contributed by atoms with E-state index in [1.165, 1.54) is 6.07 Å². The van der Waals surface area contributed by atoms with Crippen LogP contribution in [0.2, 0.25) is 5.02 Å². The first kappa shape index (κ1) is 37.3. The second kappa shape index (κ2) is 15.8.